The van der Waals surface area contributed by atoms with E-state index in [1.807, 2.05) is 53.4 Å². The van der Waals surface area contributed by atoms with Crippen molar-refractivity contribution in [2.24, 2.45) is 0 Å². The van der Waals surface area contributed by atoms with E-state index in [0.29, 0.717) is 6.54 Å². The molecule has 0 saturated carbocycles. The molecule has 5 nitrogen and oxygen atoms in total. The molecule has 1 atom stereocenters. The largest absolute Gasteiger partial charge is 0.496 e. The van der Waals surface area contributed by atoms with E-state index in [4.69, 9.17) is 9.47 Å². The summed E-state index contributed by atoms with van der Waals surface area (Å²) < 4.78 is 11.2. The van der Waals surface area contributed by atoms with Crippen molar-refractivity contribution in [3.63, 3.8) is 0 Å². The van der Waals surface area contributed by atoms with Crippen LogP contribution in [0.15, 0.2) is 48.5 Å². The molecule has 0 aromatic heterocycles. The van der Waals surface area contributed by atoms with Crippen molar-refractivity contribution in [3.8, 4) is 16.9 Å². The number of amides is 2. The molecule has 2 aromatic carbocycles. The third kappa shape index (κ3) is 5.01. The predicted octanol–water partition coefficient (Wildman–Crippen LogP) is 4.79. The fourth-order valence-corrected chi connectivity index (χ4v) is 3.43. The third-order valence-electron chi connectivity index (χ3n) is 4.76. The molecule has 144 valence electrons. The number of carbonyl (C=O) groups excluding carboxylic acids is 1. The first kappa shape index (κ1) is 19.2. The molecule has 0 bridgehead atoms. The highest BCUT2D eigenvalue weighted by Crippen LogP contribution is 2.31. The zero-order valence-electron chi connectivity index (χ0n) is 16.1. The van der Waals surface area contributed by atoms with Gasteiger partial charge in [0.2, 0.25) is 0 Å². The Kier molecular flexibility index (Phi) is 6.71. The van der Waals surface area contributed by atoms with Gasteiger partial charge in [-0.25, -0.2) is 4.79 Å². The third-order valence-corrected chi connectivity index (χ3v) is 4.76. The van der Waals surface area contributed by atoms with Gasteiger partial charge in [0.15, 0.2) is 0 Å². The van der Waals surface area contributed by atoms with E-state index < -0.39 is 0 Å². The van der Waals surface area contributed by atoms with Gasteiger partial charge in [0.1, 0.15) is 5.75 Å². The molecule has 2 amide bonds. The molecule has 1 N–H and O–H groups in total. The van der Waals surface area contributed by atoms with E-state index >= 15 is 0 Å². The number of nitrogens with zero attached hydrogens (tertiary/aromatic N) is 1. The summed E-state index contributed by atoms with van der Waals surface area (Å²) in [4.78, 5) is 14.6. The summed E-state index contributed by atoms with van der Waals surface area (Å²) in [6, 6.07) is 15.6. The quantitative estimate of drug-likeness (QED) is 0.765. The fourth-order valence-electron chi connectivity index (χ4n) is 3.43. The number of hydrogen-bond acceptors (Lipinski definition) is 3. The summed E-state index contributed by atoms with van der Waals surface area (Å²) in [7, 11) is 1.66. The Hall–Kier alpha value is -2.53. The number of benzene rings is 2. The van der Waals surface area contributed by atoms with Gasteiger partial charge in [0, 0.05) is 30.9 Å². The van der Waals surface area contributed by atoms with E-state index in [1.165, 1.54) is 0 Å². The molecule has 3 rings (SSSR count). The minimum Gasteiger partial charge on any atom is -0.496 e. The number of nitrogens with one attached hydrogen (secondary N) is 1. The van der Waals surface area contributed by atoms with Crippen LogP contribution in [0.3, 0.4) is 0 Å². The van der Waals surface area contributed by atoms with E-state index in [-0.39, 0.29) is 12.1 Å². The number of urea groups is 1. The monoisotopic (exact) mass is 368 g/mol. The maximum Gasteiger partial charge on any atom is 0.321 e. The van der Waals surface area contributed by atoms with Crippen molar-refractivity contribution in [1.82, 2.24) is 4.90 Å². The van der Waals surface area contributed by atoms with Crippen molar-refractivity contribution in [1.29, 1.82) is 0 Å². The molecule has 1 aliphatic heterocycles. The highest BCUT2D eigenvalue weighted by atomic mass is 16.5. The van der Waals surface area contributed by atoms with Crippen LogP contribution >= 0.6 is 0 Å². The lowest BCUT2D eigenvalue weighted by Gasteiger charge is -2.25. The Balaban J connectivity index is 1.73. The maximum atomic E-state index is 12.8. The van der Waals surface area contributed by atoms with Crippen molar-refractivity contribution >= 4 is 11.7 Å². The Bertz CT molecular complexity index is 757. The number of carbonyl (C=O) groups is 1. The highest BCUT2D eigenvalue weighted by Gasteiger charge is 2.22. The predicted molar refractivity (Wildman–Crippen MR) is 108 cm³/mol. The highest BCUT2D eigenvalue weighted by molar-refractivity contribution is 5.90. The first-order valence-corrected chi connectivity index (χ1v) is 9.62. The second kappa shape index (κ2) is 9.42. The summed E-state index contributed by atoms with van der Waals surface area (Å²) in [6.07, 6.45) is 3.17. The van der Waals surface area contributed by atoms with Crippen LogP contribution in [-0.2, 0) is 4.74 Å². The molecule has 0 radical (unpaired) electrons. The van der Waals surface area contributed by atoms with Crippen molar-refractivity contribution < 1.29 is 14.3 Å². The molecule has 27 heavy (non-hydrogen) atoms. The van der Waals surface area contributed by atoms with Crippen LogP contribution in [0.5, 0.6) is 5.75 Å². The molecule has 1 heterocycles. The molecule has 5 heteroatoms. The van der Waals surface area contributed by atoms with Crippen LogP contribution in [0.1, 0.15) is 26.2 Å². The molecule has 1 aliphatic rings. The molecule has 0 aliphatic carbocycles. The van der Waals surface area contributed by atoms with Crippen molar-refractivity contribution in [2.75, 3.05) is 32.1 Å². The average Bonchev–Trinajstić information content (AvgIpc) is 3.21. The van der Waals surface area contributed by atoms with Gasteiger partial charge in [-0.05, 0) is 43.0 Å². The van der Waals surface area contributed by atoms with Crippen LogP contribution in [0.4, 0.5) is 10.5 Å². The van der Waals surface area contributed by atoms with Gasteiger partial charge >= 0.3 is 6.03 Å². The molecule has 2 aromatic rings. The number of para-hydroxylation sites is 1. The second-order valence-electron chi connectivity index (χ2n) is 6.79. The fraction of sp³-hybridized carbons (Fsp3) is 0.409. The number of methoxy groups -OCH3 is 1. The topological polar surface area (TPSA) is 50.8 Å². The number of hydrogen-bond donors (Lipinski definition) is 1. The number of rotatable bonds is 7. The number of ether oxygens (including phenoxy) is 2. The lowest BCUT2D eigenvalue weighted by atomic mass is 10.0. The van der Waals surface area contributed by atoms with Crippen LogP contribution < -0.4 is 10.1 Å². The standard InChI is InChI=1S/C22H28N2O3/c1-3-13-24(16-19-10-7-14-27-19)22(25)23-18-9-6-8-17(15-18)20-11-4-5-12-21(20)26-2/h4-6,8-9,11-12,15,19H,3,7,10,13-14,16H2,1-2H3,(H,23,25)/t19-/m0/s1. The van der Waals surface area contributed by atoms with Crippen molar-refractivity contribution in [3.05, 3.63) is 48.5 Å². The van der Waals surface area contributed by atoms with Gasteiger partial charge in [-0.2, -0.15) is 0 Å². The van der Waals surface area contributed by atoms with E-state index in [9.17, 15) is 4.79 Å². The Morgan fingerprint density at radius 2 is 2.11 bits per heavy atom. The van der Waals surface area contributed by atoms with Crippen molar-refractivity contribution in [2.45, 2.75) is 32.3 Å². The van der Waals surface area contributed by atoms with Gasteiger partial charge in [0.25, 0.3) is 0 Å². The SMILES string of the molecule is CCCN(C[C@@H]1CCCO1)C(=O)Nc1cccc(-c2ccccc2OC)c1. The van der Waals surface area contributed by atoms with Crippen LogP contribution in [-0.4, -0.2) is 43.8 Å². The van der Waals surface area contributed by atoms with Crippen LogP contribution in [0.25, 0.3) is 11.1 Å². The zero-order chi connectivity index (χ0) is 19.1. The van der Waals surface area contributed by atoms with Gasteiger partial charge in [-0.1, -0.05) is 37.3 Å². The molecule has 1 fully saturated rings. The summed E-state index contributed by atoms with van der Waals surface area (Å²) in [5, 5.41) is 3.04. The summed E-state index contributed by atoms with van der Waals surface area (Å²) in [5.74, 6) is 0.812. The normalized spacial score (nSPS) is 16.1. The van der Waals surface area contributed by atoms with Gasteiger partial charge < -0.3 is 19.7 Å². The van der Waals surface area contributed by atoms with E-state index in [2.05, 4.69) is 12.2 Å². The number of anilines is 1. The molecular weight excluding hydrogens is 340 g/mol. The minimum atomic E-state index is -0.0791. The molecule has 0 unspecified atom stereocenters. The lowest BCUT2D eigenvalue weighted by molar-refractivity contribution is 0.0836. The first-order valence-electron chi connectivity index (χ1n) is 9.62. The summed E-state index contributed by atoms with van der Waals surface area (Å²) >= 11 is 0. The van der Waals surface area contributed by atoms with Gasteiger partial charge in [0.05, 0.1) is 13.2 Å². The Labute approximate surface area is 161 Å². The smallest absolute Gasteiger partial charge is 0.321 e. The lowest BCUT2D eigenvalue weighted by Crippen LogP contribution is -2.40. The first-order chi connectivity index (χ1) is 13.2. The molecule has 0 spiro atoms. The summed E-state index contributed by atoms with van der Waals surface area (Å²) in [6.45, 7) is 4.25. The van der Waals surface area contributed by atoms with Gasteiger partial charge in [-0.15, -0.1) is 0 Å². The van der Waals surface area contributed by atoms with Crippen LogP contribution in [0, 0.1) is 0 Å². The Morgan fingerprint density at radius 1 is 1.26 bits per heavy atom. The average molecular weight is 368 g/mol. The van der Waals surface area contributed by atoms with E-state index in [1.54, 1.807) is 7.11 Å². The maximum absolute atomic E-state index is 12.8. The minimum absolute atomic E-state index is 0.0791. The second-order valence-corrected chi connectivity index (χ2v) is 6.79. The van der Waals surface area contributed by atoms with E-state index in [0.717, 1.165) is 55.0 Å². The molecular formula is C22H28N2O3. The molecule has 1 saturated heterocycles. The van der Waals surface area contributed by atoms with Gasteiger partial charge in [-0.3, -0.25) is 0 Å². The van der Waals surface area contributed by atoms with Crippen LogP contribution in [0.2, 0.25) is 0 Å². The summed E-state index contributed by atoms with van der Waals surface area (Å²) in [5.41, 5.74) is 2.78. The Morgan fingerprint density at radius 3 is 2.85 bits per heavy atom. The zero-order valence-corrected chi connectivity index (χ0v) is 16.1.